The first-order valence-corrected chi connectivity index (χ1v) is 8.73. The summed E-state index contributed by atoms with van der Waals surface area (Å²) in [6.45, 7) is 2.08. The Morgan fingerprint density at radius 1 is 1.26 bits per heavy atom. The van der Waals surface area contributed by atoms with E-state index in [1.165, 1.54) is 7.05 Å². The average Bonchev–Trinajstić information content (AvgIpc) is 3.04. The standard InChI is InChI=1S/C16H17F2NO3S/c1-10-7-13(10)15-6-4-12(22-15)9-19(2)23(20,21)16-8-11(17)3-5-14(16)18/h3-6,8,10,13H,7,9H2,1-2H3/t10-,13+/m1/s1. The Morgan fingerprint density at radius 2 is 1.96 bits per heavy atom. The van der Waals surface area contributed by atoms with Crippen LogP contribution in [0.2, 0.25) is 0 Å². The number of furan rings is 1. The Hall–Kier alpha value is -1.73. The number of nitrogens with zero attached hydrogens (tertiary/aromatic N) is 1. The second kappa shape index (κ2) is 5.72. The first-order chi connectivity index (χ1) is 10.8. The molecule has 3 rings (SSSR count). The van der Waals surface area contributed by atoms with Crippen LogP contribution in [-0.4, -0.2) is 19.8 Å². The lowest BCUT2D eigenvalue weighted by Crippen LogP contribution is -2.27. The van der Waals surface area contributed by atoms with Gasteiger partial charge >= 0.3 is 0 Å². The quantitative estimate of drug-likeness (QED) is 0.836. The predicted octanol–water partition coefficient (Wildman–Crippen LogP) is 3.50. The lowest BCUT2D eigenvalue weighted by atomic mass is 10.3. The van der Waals surface area contributed by atoms with Crippen molar-refractivity contribution >= 4 is 10.0 Å². The summed E-state index contributed by atoms with van der Waals surface area (Å²) < 4.78 is 58.4. The molecule has 1 heterocycles. The number of halogens is 2. The van der Waals surface area contributed by atoms with Crippen LogP contribution < -0.4 is 0 Å². The van der Waals surface area contributed by atoms with Crippen LogP contribution in [-0.2, 0) is 16.6 Å². The van der Waals surface area contributed by atoms with E-state index in [9.17, 15) is 17.2 Å². The van der Waals surface area contributed by atoms with Crippen molar-refractivity contribution in [1.29, 1.82) is 0 Å². The third-order valence-electron chi connectivity index (χ3n) is 4.12. The zero-order chi connectivity index (χ0) is 16.8. The van der Waals surface area contributed by atoms with Gasteiger partial charge in [0.05, 0.1) is 6.54 Å². The Kier molecular flexibility index (Phi) is 4.01. The maximum atomic E-state index is 13.7. The molecule has 0 saturated heterocycles. The zero-order valence-corrected chi connectivity index (χ0v) is 13.6. The summed E-state index contributed by atoms with van der Waals surface area (Å²) in [5, 5.41) is 0. The maximum Gasteiger partial charge on any atom is 0.246 e. The molecule has 2 aromatic rings. The van der Waals surface area contributed by atoms with E-state index < -0.39 is 26.6 Å². The molecule has 2 atom stereocenters. The molecule has 0 amide bonds. The average molecular weight is 341 g/mol. The van der Waals surface area contributed by atoms with Crippen LogP contribution >= 0.6 is 0 Å². The molecule has 4 nitrogen and oxygen atoms in total. The largest absolute Gasteiger partial charge is 0.464 e. The summed E-state index contributed by atoms with van der Waals surface area (Å²) in [5.74, 6) is 0.506. The Balaban J connectivity index is 1.80. The number of hydrogen-bond acceptors (Lipinski definition) is 3. The summed E-state index contributed by atoms with van der Waals surface area (Å²) in [7, 11) is -2.83. The highest BCUT2D eigenvalue weighted by Crippen LogP contribution is 2.47. The molecule has 23 heavy (non-hydrogen) atoms. The van der Waals surface area contributed by atoms with E-state index in [-0.39, 0.29) is 6.54 Å². The summed E-state index contributed by atoms with van der Waals surface area (Å²) in [6, 6.07) is 5.92. The summed E-state index contributed by atoms with van der Waals surface area (Å²) in [5.41, 5.74) is 0. The highest BCUT2D eigenvalue weighted by molar-refractivity contribution is 7.89. The van der Waals surface area contributed by atoms with Crippen molar-refractivity contribution in [2.45, 2.75) is 30.7 Å². The minimum atomic E-state index is -4.14. The van der Waals surface area contributed by atoms with Crippen molar-refractivity contribution in [2.75, 3.05) is 7.05 Å². The third kappa shape index (κ3) is 3.16. The molecule has 0 bridgehead atoms. The smallest absolute Gasteiger partial charge is 0.246 e. The monoisotopic (exact) mass is 341 g/mol. The van der Waals surface area contributed by atoms with E-state index in [0.29, 0.717) is 23.7 Å². The van der Waals surface area contributed by atoms with Crippen LogP contribution in [0.25, 0.3) is 0 Å². The van der Waals surface area contributed by atoms with E-state index in [4.69, 9.17) is 4.42 Å². The molecule has 1 aromatic heterocycles. The normalized spacial score (nSPS) is 20.9. The van der Waals surface area contributed by atoms with Crippen molar-refractivity contribution < 1.29 is 21.6 Å². The first-order valence-electron chi connectivity index (χ1n) is 7.29. The van der Waals surface area contributed by atoms with Crippen LogP contribution in [0.5, 0.6) is 0 Å². The molecule has 1 aliphatic rings. The van der Waals surface area contributed by atoms with Gasteiger partial charge in [0.25, 0.3) is 0 Å². The predicted molar refractivity (Wildman–Crippen MR) is 80.2 cm³/mol. The van der Waals surface area contributed by atoms with Crippen LogP contribution in [0.3, 0.4) is 0 Å². The second-order valence-electron chi connectivity index (χ2n) is 5.96. The second-order valence-corrected chi connectivity index (χ2v) is 7.97. The van der Waals surface area contributed by atoms with E-state index in [1.54, 1.807) is 6.07 Å². The lowest BCUT2D eigenvalue weighted by molar-refractivity contribution is 0.388. The van der Waals surface area contributed by atoms with Gasteiger partial charge in [-0.15, -0.1) is 0 Å². The van der Waals surface area contributed by atoms with Crippen molar-refractivity contribution in [1.82, 2.24) is 4.31 Å². The van der Waals surface area contributed by atoms with Gasteiger partial charge in [-0.05, 0) is 42.7 Å². The molecule has 7 heteroatoms. The maximum absolute atomic E-state index is 13.7. The van der Waals surface area contributed by atoms with Crippen molar-refractivity contribution in [3.05, 3.63) is 53.5 Å². The molecule has 1 aromatic carbocycles. The molecule has 0 radical (unpaired) electrons. The molecule has 1 fully saturated rings. The third-order valence-corrected chi connectivity index (χ3v) is 5.94. The molecule has 0 unspecified atom stereocenters. The van der Waals surface area contributed by atoms with E-state index in [0.717, 1.165) is 28.6 Å². The summed E-state index contributed by atoms with van der Waals surface area (Å²) >= 11 is 0. The summed E-state index contributed by atoms with van der Waals surface area (Å²) in [4.78, 5) is -0.678. The van der Waals surface area contributed by atoms with E-state index in [1.807, 2.05) is 6.07 Å². The topological polar surface area (TPSA) is 50.5 Å². The van der Waals surface area contributed by atoms with Crippen LogP contribution in [0, 0.1) is 17.6 Å². The molecule has 124 valence electrons. The fourth-order valence-corrected chi connectivity index (χ4v) is 3.75. The van der Waals surface area contributed by atoms with Crippen molar-refractivity contribution in [3.63, 3.8) is 0 Å². The van der Waals surface area contributed by atoms with Crippen LogP contribution in [0.4, 0.5) is 8.78 Å². The van der Waals surface area contributed by atoms with Gasteiger partial charge in [-0.3, -0.25) is 0 Å². The SMILES string of the molecule is C[C@@H]1C[C@@H]1c1ccc(CN(C)S(=O)(=O)c2cc(F)ccc2F)o1. The fourth-order valence-electron chi connectivity index (χ4n) is 2.54. The first kappa shape index (κ1) is 16.1. The van der Waals surface area contributed by atoms with Gasteiger partial charge in [-0.1, -0.05) is 6.92 Å². The van der Waals surface area contributed by atoms with Crippen molar-refractivity contribution in [3.8, 4) is 0 Å². The van der Waals surface area contributed by atoms with Gasteiger partial charge in [-0.25, -0.2) is 17.2 Å². The molecular weight excluding hydrogens is 324 g/mol. The zero-order valence-electron chi connectivity index (χ0n) is 12.8. The highest BCUT2D eigenvalue weighted by Gasteiger charge is 2.36. The minimum absolute atomic E-state index is 0.0423. The van der Waals surface area contributed by atoms with E-state index >= 15 is 0 Å². The van der Waals surface area contributed by atoms with Crippen molar-refractivity contribution in [2.24, 2.45) is 5.92 Å². The van der Waals surface area contributed by atoms with Gasteiger partial charge in [-0.2, -0.15) is 4.31 Å². The summed E-state index contributed by atoms with van der Waals surface area (Å²) in [6.07, 6.45) is 1.07. The lowest BCUT2D eigenvalue weighted by Gasteiger charge is -2.16. The number of hydrogen-bond donors (Lipinski definition) is 0. The Morgan fingerprint density at radius 3 is 2.61 bits per heavy atom. The Bertz CT molecular complexity index is 832. The minimum Gasteiger partial charge on any atom is -0.464 e. The fraction of sp³-hybridized carbons (Fsp3) is 0.375. The van der Waals surface area contributed by atoms with Gasteiger partial charge in [0.1, 0.15) is 28.1 Å². The molecule has 0 spiro atoms. The molecule has 0 N–H and O–H groups in total. The molecular formula is C16H17F2NO3S. The molecule has 0 aliphatic heterocycles. The van der Waals surface area contributed by atoms with Gasteiger partial charge in [0, 0.05) is 13.0 Å². The van der Waals surface area contributed by atoms with Gasteiger partial charge < -0.3 is 4.42 Å². The molecule has 1 saturated carbocycles. The Labute approximate surface area is 133 Å². The van der Waals surface area contributed by atoms with Gasteiger partial charge in [0.2, 0.25) is 10.0 Å². The van der Waals surface area contributed by atoms with Crippen LogP contribution in [0.15, 0.2) is 39.6 Å². The van der Waals surface area contributed by atoms with Crippen LogP contribution in [0.1, 0.15) is 30.8 Å². The molecule has 1 aliphatic carbocycles. The number of benzene rings is 1. The number of rotatable bonds is 5. The van der Waals surface area contributed by atoms with Gasteiger partial charge in [0.15, 0.2) is 0 Å². The highest BCUT2D eigenvalue weighted by atomic mass is 32.2. The van der Waals surface area contributed by atoms with E-state index in [2.05, 4.69) is 6.92 Å². The number of sulfonamides is 1.